The first-order valence-corrected chi connectivity index (χ1v) is 4.19. The van der Waals surface area contributed by atoms with Gasteiger partial charge in [0, 0.05) is 0 Å². The third kappa shape index (κ3) is 5.50. The Kier molecular flexibility index (Phi) is 5.82. The van der Waals surface area contributed by atoms with E-state index in [1.807, 2.05) is 6.92 Å². The SMILES string of the molecule is CCC(C)OC(OCC(=O)O)C(=O)O. The largest absolute Gasteiger partial charge is 0.480 e. The molecule has 0 spiro atoms. The molecule has 0 saturated heterocycles. The van der Waals surface area contributed by atoms with Crippen molar-refractivity contribution in [2.24, 2.45) is 0 Å². The molecule has 0 aliphatic carbocycles. The molecule has 0 amide bonds. The van der Waals surface area contributed by atoms with Crippen LogP contribution in [0.1, 0.15) is 20.3 Å². The van der Waals surface area contributed by atoms with E-state index in [1.165, 1.54) is 0 Å². The first-order chi connectivity index (χ1) is 6.47. The lowest BCUT2D eigenvalue weighted by atomic mass is 10.3. The number of hydrogen-bond acceptors (Lipinski definition) is 4. The Morgan fingerprint density at radius 1 is 1.36 bits per heavy atom. The second-order valence-electron chi connectivity index (χ2n) is 2.73. The number of carboxylic acid groups (broad SMARTS) is 2. The molecular weight excluding hydrogens is 192 g/mol. The van der Waals surface area contributed by atoms with Gasteiger partial charge in [-0.25, -0.2) is 9.59 Å². The average Bonchev–Trinajstić information content (AvgIpc) is 2.10. The van der Waals surface area contributed by atoms with Gasteiger partial charge in [-0.2, -0.15) is 0 Å². The predicted octanol–water partition coefficient (Wildman–Crippen LogP) is 0.313. The first-order valence-electron chi connectivity index (χ1n) is 4.19. The fourth-order valence-corrected chi connectivity index (χ4v) is 0.623. The van der Waals surface area contributed by atoms with Gasteiger partial charge in [0.05, 0.1) is 6.10 Å². The van der Waals surface area contributed by atoms with Gasteiger partial charge in [0.15, 0.2) is 0 Å². The summed E-state index contributed by atoms with van der Waals surface area (Å²) in [5.41, 5.74) is 0. The summed E-state index contributed by atoms with van der Waals surface area (Å²) in [4.78, 5) is 20.6. The van der Waals surface area contributed by atoms with E-state index >= 15 is 0 Å². The van der Waals surface area contributed by atoms with Crippen LogP contribution in [-0.2, 0) is 19.1 Å². The van der Waals surface area contributed by atoms with E-state index in [4.69, 9.17) is 14.9 Å². The molecule has 0 fully saturated rings. The van der Waals surface area contributed by atoms with Crippen molar-refractivity contribution in [1.82, 2.24) is 0 Å². The number of ether oxygens (including phenoxy) is 2. The maximum absolute atomic E-state index is 10.5. The van der Waals surface area contributed by atoms with Crippen LogP contribution in [0.15, 0.2) is 0 Å². The molecule has 0 aromatic rings. The molecule has 0 saturated carbocycles. The van der Waals surface area contributed by atoms with Crippen LogP contribution < -0.4 is 0 Å². The summed E-state index contributed by atoms with van der Waals surface area (Å²) >= 11 is 0. The van der Waals surface area contributed by atoms with Gasteiger partial charge in [-0.05, 0) is 13.3 Å². The summed E-state index contributed by atoms with van der Waals surface area (Å²) in [5, 5.41) is 16.8. The number of hydrogen-bond donors (Lipinski definition) is 2. The zero-order valence-corrected chi connectivity index (χ0v) is 8.10. The predicted molar refractivity (Wildman–Crippen MR) is 45.8 cm³/mol. The van der Waals surface area contributed by atoms with E-state index in [-0.39, 0.29) is 6.10 Å². The van der Waals surface area contributed by atoms with E-state index in [0.717, 1.165) is 0 Å². The van der Waals surface area contributed by atoms with Crippen molar-refractivity contribution in [3.05, 3.63) is 0 Å². The van der Waals surface area contributed by atoms with Crippen LogP contribution in [0.5, 0.6) is 0 Å². The normalized spacial score (nSPS) is 14.7. The van der Waals surface area contributed by atoms with E-state index < -0.39 is 24.8 Å². The zero-order chi connectivity index (χ0) is 11.1. The number of aliphatic carboxylic acids is 2. The monoisotopic (exact) mass is 206 g/mol. The minimum atomic E-state index is -1.51. The van der Waals surface area contributed by atoms with Gasteiger partial charge in [0.2, 0.25) is 0 Å². The number of rotatable bonds is 7. The molecule has 0 radical (unpaired) electrons. The van der Waals surface area contributed by atoms with Crippen LogP contribution in [0.25, 0.3) is 0 Å². The fraction of sp³-hybridized carbons (Fsp3) is 0.750. The maximum atomic E-state index is 10.5. The van der Waals surface area contributed by atoms with E-state index in [9.17, 15) is 9.59 Å². The van der Waals surface area contributed by atoms with Gasteiger partial charge in [0.1, 0.15) is 6.61 Å². The van der Waals surface area contributed by atoms with Crippen molar-refractivity contribution < 1.29 is 29.3 Å². The summed E-state index contributed by atoms with van der Waals surface area (Å²) in [7, 11) is 0. The summed E-state index contributed by atoms with van der Waals surface area (Å²) in [6.07, 6.45) is -1.17. The highest BCUT2D eigenvalue weighted by Crippen LogP contribution is 2.03. The maximum Gasteiger partial charge on any atom is 0.361 e. The summed E-state index contributed by atoms with van der Waals surface area (Å²) in [6.45, 7) is 2.81. The molecule has 0 bridgehead atoms. The summed E-state index contributed by atoms with van der Waals surface area (Å²) in [5.74, 6) is -2.56. The molecular formula is C8H14O6. The summed E-state index contributed by atoms with van der Waals surface area (Å²) in [6, 6.07) is 0. The molecule has 0 aliphatic heterocycles. The van der Waals surface area contributed by atoms with Gasteiger partial charge in [-0.1, -0.05) is 6.92 Å². The van der Waals surface area contributed by atoms with Gasteiger partial charge in [0.25, 0.3) is 6.29 Å². The smallest absolute Gasteiger partial charge is 0.361 e. The van der Waals surface area contributed by atoms with Crippen LogP contribution >= 0.6 is 0 Å². The number of carbonyl (C=O) groups is 2. The molecule has 0 rings (SSSR count). The van der Waals surface area contributed by atoms with Gasteiger partial charge in [-0.15, -0.1) is 0 Å². The zero-order valence-electron chi connectivity index (χ0n) is 8.10. The average molecular weight is 206 g/mol. The molecule has 82 valence electrons. The van der Waals surface area contributed by atoms with Crippen molar-refractivity contribution in [3.8, 4) is 0 Å². The van der Waals surface area contributed by atoms with Crippen molar-refractivity contribution in [2.45, 2.75) is 32.7 Å². The Labute approximate surface area is 81.4 Å². The molecule has 6 heteroatoms. The van der Waals surface area contributed by atoms with Crippen molar-refractivity contribution in [2.75, 3.05) is 6.61 Å². The third-order valence-electron chi connectivity index (χ3n) is 1.49. The van der Waals surface area contributed by atoms with Gasteiger partial charge < -0.3 is 19.7 Å². The molecule has 2 atom stereocenters. The minimum Gasteiger partial charge on any atom is -0.480 e. The van der Waals surface area contributed by atoms with E-state index in [0.29, 0.717) is 6.42 Å². The fourth-order valence-electron chi connectivity index (χ4n) is 0.623. The van der Waals surface area contributed by atoms with Crippen LogP contribution in [-0.4, -0.2) is 41.2 Å². The molecule has 2 unspecified atom stereocenters. The van der Waals surface area contributed by atoms with Crippen molar-refractivity contribution >= 4 is 11.9 Å². The molecule has 0 aromatic carbocycles. The summed E-state index contributed by atoms with van der Waals surface area (Å²) < 4.78 is 9.44. The van der Waals surface area contributed by atoms with Gasteiger partial charge >= 0.3 is 11.9 Å². The number of carboxylic acids is 2. The quantitative estimate of drug-likeness (QED) is 0.582. The third-order valence-corrected chi connectivity index (χ3v) is 1.49. The highest BCUT2D eigenvalue weighted by atomic mass is 16.7. The van der Waals surface area contributed by atoms with Crippen molar-refractivity contribution in [1.29, 1.82) is 0 Å². The molecule has 14 heavy (non-hydrogen) atoms. The van der Waals surface area contributed by atoms with E-state index in [2.05, 4.69) is 4.74 Å². The minimum absolute atomic E-state index is 0.287. The standard InChI is InChI=1S/C8H14O6/c1-3-5(2)14-8(7(11)12)13-4-6(9)10/h5,8H,3-4H2,1-2H3,(H,9,10)(H,11,12). The Bertz CT molecular complexity index is 202. The molecule has 0 heterocycles. The topological polar surface area (TPSA) is 93.1 Å². The highest BCUT2D eigenvalue weighted by Gasteiger charge is 2.21. The lowest BCUT2D eigenvalue weighted by molar-refractivity contribution is -0.202. The first kappa shape index (κ1) is 12.9. The Balaban J connectivity index is 4.02. The molecule has 0 aromatic heterocycles. The van der Waals surface area contributed by atoms with E-state index in [1.54, 1.807) is 6.92 Å². The van der Waals surface area contributed by atoms with Crippen LogP contribution in [0.2, 0.25) is 0 Å². The second-order valence-corrected chi connectivity index (χ2v) is 2.73. The van der Waals surface area contributed by atoms with Crippen LogP contribution in [0.3, 0.4) is 0 Å². The lowest BCUT2D eigenvalue weighted by Crippen LogP contribution is -2.32. The van der Waals surface area contributed by atoms with Crippen molar-refractivity contribution in [3.63, 3.8) is 0 Å². The Hall–Kier alpha value is -1.14. The molecule has 6 nitrogen and oxygen atoms in total. The lowest BCUT2D eigenvalue weighted by Gasteiger charge is -2.17. The molecule has 2 N–H and O–H groups in total. The Morgan fingerprint density at radius 2 is 1.93 bits per heavy atom. The molecule has 0 aliphatic rings. The van der Waals surface area contributed by atoms with Crippen LogP contribution in [0, 0.1) is 0 Å². The Morgan fingerprint density at radius 3 is 2.29 bits per heavy atom. The second kappa shape index (κ2) is 6.33. The highest BCUT2D eigenvalue weighted by molar-refractivity contribution is 5.72. The van der Waals surface area contributed by atoms with Crippen LogP contribution in [0.4, 0.5) is 0 Å². The van der Waals surface area contributed by atoms with Gasteiger partial charge in [-0.3, -0.25) is 0 Å².